The molecule has 7 nitrogen and oxygen atoms in total. The zero-order valence-corrected chi connectivity index (χ0v) is 11.0. The average Bonchev–Trinajstić information content (AvgIpc) is 2.13. The third-order valence-electron chi connectivity index (χ3n) is 1.77. The summed E-state index contributed by atoms with van der Waals surface area (Å²) in [6.45, 7) is 0.923. The minimum absolute atomic E-state index is 0.287. The standard InChI is InChI=1S/C7H15NO2.C4H6O4/c1-8(2,3)6-4-5-7(9)10;5-3(6)1-2-4(7)8/h4-6H2,1-3H3;1-2H2,(H,5,6)(H,7,8)/p+1. The SMILES string of the molecule is C[N+](C)(C)CCCC(=O)O.O=C(O)CCC(=O)O. The second-order valence-electron chi connectivity index (χ2n) is 4.80. The molecule has 3 N–H and O–H groups in total. The molecule has 0 aliphatic carbocycles. The molecule has 0 radical (unpaired) electrons. The molecule has 0 saturated carbocycles. The van der Waals surface area contributed by atoms with Crippen molar-refractivity contribution in [2.75, 3.05) is 27.7 Å². The molecule has 18 heavy (non-hydrogen) atoms. The summed E-state index contributed by atoms with van der Waals surface area (Å²) < 4.78 is 0.841. The van der Waals surface area contributed by atoms with Crippen LogP contribution in [-0.4, -0.2) is 65.4 Å². The molecular weight excluding hydrogens is 242 g/mol. The number of carboxylic acid groups (broad SMARTS) is 3. The van der Waals surface area contributed by atoms with Crippen LogP contribution in [0.15, 0.2) is 0 Å². The molecule has 0 saturated heterocycles. The van der Waals surface area contributed by atoms with Gasteiger partial charge in [-0.1, -0.05) is 0 Å². The van der Waals surface area contributed by atoms with E-state index in [1.165, 1.54) is 0 Å². The smallest absolute Gasteiger partial charge is 0.303 e. The van der Waals surface area contributed by atoms with Gasteiger partial charge in [-0.15, -0.1) is 0 Å². The van der Waals surface area contributed by atoms with Gasteiger partial charge in [0.1, 0.15) is 0 Å². The molecule has 0 amide bonds. The number of rotatable bonds is 7. The summed E-state index contributed by atoms with van der Waals surface area (Å²) >= 11 is 0. The Morgan fingerprint density at radius 3 is 1.33 bits per heavy atom. The van der Waals surface area contributed by atoms with Crippen molar-refractivity contribution in [2.24, 2.45) is 0 Å². The molecule has 0 aromatic heterocycles. The van der Waals surface area contributed by atoms with E-state index < -0.39 is 17.9 Å². The minimum Gasteiger partial charge on any atom is -0.481 e. The fourth-order valence-electron chi connectivity index (χ4n) is 0.918. The Bertz CT molecular complexity index is 268. The second-order valence-corrected chi connectivity index (χ2v) is 4.80. The maximum Gasteiger partial charge on any atom is 0.303 e. The van der Waals surface area contributed by atoms with Crippen LogP contribution in [0.25, 0.3) is 0 Å². The summed E-state index contributed by atoms with van der Waals surface area (Å²) in [6, 6.07) is 0. The first-order valence-electron chi connectivity index (χ1n) is 5.50. The number of hydrogen-bond acceptors (Lipinski definition) is 3. The molecule has 0 aliphatic heterocycles. The van der Waals surface area contributed by atoms with Gasteiger partial charge in [-0.05, 0) is 0 Å². The Balaban J connectivity index is 0. The summed E-state index contributed by atoms with van der Waals surface area (Å²) in [5, 5.41) is 24.1. The van der Waals surface area contributed by atoms with E-state index in [0.29, 0.717) is 0 Å². The van der Waals surface area contributed by atoms with Gasteiger partial charge in [-0.3, -0.25) is 14.4 Å². The lowest BCUT2D eigenvalue weighted by molar-refractivity contribution is -0.870. The lowest BCUT2D eigenvalue weighted by Crippen LogP contribution is -2.35. The molecule has 0 unspecified atom stereocenters. The van der Waals surface area contributed by atoms with Crippen LogP contribution in [0.1, 0.15) is 25.7 Å². The topological polar surface area (TPSA) is 112 Å². The van der Waals surface area contributed by atoms with E-state index in [0.717, 1.165) is 17.4 Å². The van der Waals surface area contributed by atoms with Crippen molar-refractivity contribution in [3.05, 3.63) is 0 Å². The largest absolute Gasteiger partial charge is 0.481 e. The van der Waals surface area contributed by atoms with E-state index in [-0.39, 0.29) is 19.3 Å². The van der Waals surface area contributed by atoms with Gasteiger partial charge in [-0.2, -0.15) is 0 Å². The van der Waals surface area contributed by atoms with Crippen molar-refractivity contribution < 1.29 is 34.2 Å². The van der Waals surface area contributed by atoms with Crippen LogP contribution in [0.5, 0.6) is 0 Å². The monoisotopic (exact) mass is 264 g/mol. The number of carbonyl (C=O) groups is 3. The summed E-state index contributed by atoms with van der Waals surface area (Å²) in [4.78, 5) is 29.4. The number of hydrogen-bond donors (Lipinski definition) is 3. The lowest BCUT2D eigenvalue weighted by Gasteiger charge is -2.23. The number of carboxylic acids is 3. The number of quaternary nitrogens is 1. The van der Waals surface area contributed by atoms with Crippen LogP contribution in [0, 0.1) is 0 Å². The van der Waals surface area contributed by atoms with Gasteiger partial charge in [0, 0.05) is 6.42 Å². The van der Waals surface area contributed by atoms with E-state index in [1.54, 1.807) is 0 Å². The fourth-order valence-corrected chi connectivity index (χ4v) is 0.918. The summed E-state index contributed by atoms with van der Waals surface area (Å²) in [5.41, 5.74) is 0. The van der Waals surface area contributed by atoms with Gasteiger partial charge in [0.2, 0.25) is 0 Å². The maximum absolute atomic E-state index is 10.1. The summed E-state index contributed by atoms with van der Waals surface area (Å²) in [6.07, 6.45) is 0.457. The van der Waals surface area contributed by atoms with Crippen molar-refractivity contribution >= 4 is 17.9 Å². The zero-order chi connectivity index (χ0) is 14.8. The predicted molar refractivity (Wildman–Crippen MR) is 64.3 cm³/mol. The Kier molecular flexibility index (Phi) is 9.79. The van der Waals surface area contributed by atoms with Crippen molar-refractivity contribution in [1.82, 2.24) is 0 Å². The van der Waals surface area contributed by atoms with E-state index in [9.17, 15) is 14.4 Å². The zero-order valence-electron chi connectivity index (χ0n) is 11.0. The molecule has 7 heteroatoms. The molecule has 0 aromatic rings. The molecule has 106 valence electrons. The first kappa shape index (κ1) is 18.7. The predicted octanol–water partition coefficient (Wildman–Crippen LogP) is 0.493. The molecular formula is C11H22NO6+. The van der Waals surface area contributed by atoms with Crippen LogP contribution in [0.2, 0.25) is 0 Å². The normalized spacial score (nSPS) is 10.2. The number of aliphatic carboxylic acids is 3. The summed E-state index contributed by atoms with van der Waals surface area (Å²) in [5.74, 6) is -2.85. The highest BCUT2D eigenvalue weighted by Gasteiger charge is 2.07. The van der Waals surface area contributed by atoms with E-state index in [1.807, 2.05) is 0 Å². The number of nitrogens with zero attached hydrogens (tertiary/aromatic N) is 1. The van der Waals surface area contributed by atoms with E-state index >= 15 is 0 Å². The van der Waals surface area contributed by atoms with Crippen LogP contribution < -0.4 is 0 Å². The highest BCUT2D eigenvalue weighted by Crippen LogP contribution is 1.96. The third kappa shape index (κ3) is 23.9. The minimum atomic E-state index is -1.08. The average molecular weight is 264 g/mol. The van der Waals surface area contributed by atoms with Crippen LogP contribution in [-0.2, 0) is 14.4 Å². The van der Waals surface area contributed by atoms with Gasteiger partial charge in [-0.25, -0.2) is 0 Å². The Morgan fingerprint density at radius 1 is 0.778 bits per heavy atom. The molecule has 0 rings (SSSR count). The highest BCUT2D eigenvalue weighted by atomic mass is 16.4. The van der Waals surface area contributed by atoms with Crippen LogP contribution in [0.3, 0.4) is 0 Å². The molecule has 0 bridgehead atoms. The van der Waals surface area contributed by atoms with Gasteiger partial charge in [0.15, 0.2) is 0 Å². The highest BCUT2D eigenvalue weighted by molar-refractivity contribution is 5.75. The van der Waals surface area contributed by atoms with Gasteiger partial charge in [0.05, 0.1) is 47.0 Å². The quantitative estimate of drug-likeness (QED) is 0.577. The Morgan fingerprint density at radius 2 is 1.11 bits per heavy atom. The first-order chi connectivity index (χ1) is 8.04. The van der Waals surface area contributed by atoms with E-state index in [2.05, 4.69) is 21.1 Å². The van der Waals surface area contributed by atoms with Crippen molar-refractivity contribution in [1.29, 1.82) is 0 Å². The second kappa shape index (κ2) is 9.41. The van der Waals surface area contributed by atoms with Gasteiger partial charge in [0.25, 0.3) is 0 Å². The fraction of sp³-hybridized carbons (Fsp3) is 0.727. The van der Waals surface area contributed by atoms with Gasteiger partial charge < -0.3 is 19.8 Å². The lowest BCUT2D eigenvalue weighted by atomic mass is 10.3. The third-order valence-corrected chi connectivity index (χ3v) is 1.77. The van der Waals surface area contributed by atoms with Gasteiger partial charge >= 0.3 is 17.9 Å². The Labute approximate surface area is 106 Å². The molecule has 0 aliphatic rings. The van der Waals surface area contributed by atoms with Crippen molar-refractivity contribution in [2.45, 2.75) is 25.7 Å². The summed E-state index contributed by atoms with van der Waals surface area (Å²) in [7, 11) is 6.17. The molecule has 0 aromatic carbocycles. The van der Waals surface area contributed by atoms with Crippen LogP contribution in [0.4, 0.5) is 0 Å². The molecule has 0 atom stereocenters. The maximum atomic E-state index is 10.1. The van der Waals surface area contributed by atoms with Crippen LogP contribution >= 0.6 is 0 Å². The van der Waals surface area contributed by atoms with Crippen molar-refractivity contribution in [3.63, 3.8) is 0 Å². The molecule has 0 spiro atoms. The molecule has 0 heterocycles. The molecule has 0 fully saturated rings. The van der Waals surface area contributed by atoms with E-state index in [4.69, 9.17) is 15.3 Å². The first-order valence-corrected chi connectivity index (χ1v) is 5.50. The van der Waals surface area contributed by atoms with Crippen molar-refractivity contribution in [3.8, 4) is 0 Å². The Hall–Kier alpha value is -1.63.